The van der Waals surface area contributed by atoms with Gasteiger partial charge in [-0.2, -0.15) is 0 Å². The Labute approximate surface area is 121 Å². The lowest BCUT2D eigenvalue weighted by molar-refractivity contribution is -0.122. The number of aryl methyl sites for hydroxylation is 1. The van der Waals surface area contributed by atoms with Crippen LogP contribution in [0.3, 0.4) is 0 Å². The number of rotatable bonds is 1. The molecule has 1 unspecified atom stereocenters. The van der Waals surface area contributed by atoms with Gasteiger partial charge in [0.25, 0.3) is 0 Å². The predicted octanol–water partition coefficient (Wildman–Crippen LogP) is 3.93. The zero-order chi connectivity index (χ0) is 13.5. The van der Waals surface area contributed by atoms with E-state index in [1.54, 1.807) is 0 Å². The predicted molar refractivity (Wildman–Crippen MR) is 80.7 cm³/mol. The Morgan fingerprint density at radius 3 is 2.65 bits per heavy atom. The largest absolute Gasteiger partial charge is 0.309 e. The van der Waals surface area contributed by atoms with Crippen LogP contribution in [0, 0.1) is 11.8 Å². The third-order valence-electron chi connectivity index (χ3n) is 5.66. The molecule has 20 heavy (non-hydrogen) atoms. The molecule has 1 amide bonds. The summed E-state index contributed by atoms with van der Waals surface area (Å²) in [7, 11) is 0. The number of fused-ring (bicyclic) bond motifs is 3. The van der Waals surface area contributed by atoms with E-state index >= 15 is 0 Å². The molecule has 4 rings (SSSR count). The minimum absolute atomic E-state index is 0.312. The molecule has 3 aliphatic rings. The first-order chi connectivity index (χ1) is 9.84. The van der Waals surface area contributed by atoms with Gasteiger partial charge in [-0.05, 0) is 49.7 Å². The van der Waals surface area contributed by atoms with Gasteiger partial charge in [-0.25, -0.2) is 0 Å². The summed E-state index contributed by atoms with van der Waals surface area (Å²) in [5, 5.41) is 0. The molecule has 1 aliphatic carbocycles. The molecule has 1 saturated carbocycles. The van der Waals surface area contributed by atoms with Crippen LogP contribution in [0.2, 0.25) is 0 Å². The zero-order valence-corrected chi connectivity index (χ0v) is 12.1. The van der Waals surface area contributed by atoms with Gasteiger partial charge in [-0.3, -0.25) is 4.79 Å². The maximum atomic E-state index is 12.9. The highest BCUT2D eigenvalue weighted by atomic mass is 16.2. The van der Waals surface area contributed by atoms with E-state index in [1.807, 2.05) is 0 Å². The van der Waals surface area contributed by atoms with Gasteiger partial charge in [-0.1, -0.05) is 37.5 Å². The van der Waals surface area contributed by atoms with Crippen LogP contribution in [-0.4, -0.2) is 11.9 Å². The molecule has 0 aromatic heterocycles. The summed E-state index contributed by atoms with van der Waals surface area (Å²) in [4.78, 5) is 15.1. The van der Waals surface area contributed by atoms with E-state index in [1.165, 1.54) is 43.4 Å². The summed E-state index contributed by atoms with van der Waals surface area (Å²) in [5.41, 5.74) is 2.56. The van der Waals surface area contributed by atoms with Gasteiger partial charge in [0.1, 0.15) is 0 Å². The highest BCUT2D eigenvalue weighted by molar-refractivity contribution is 5.99. The Balaban J connectivity index is 1.63. The van der Waals surface area contributed by atoms with Crippen molar-refractivity contribution in [1.29, 1.82) is 0 Å². The molecular weight excluding hydrogens is 246 g/mol. The zero-order valence-electron chi connectivity index (χ0n) is 12.1. The summed E-state index contributed by atoms with van der Waals surface area (Å²) < 4.78 is 0. The number of benzene rings is 1. The van der Waals surface area contributed by atoms with E-state index < -0.39 is 0 Å². The summed E-state index contributed by atoms with van der Waals surface area (Å²) in [6.45, 7) is 0. The minimum Gasteiger partial charge on any atom is -0.309 e. The van der Waals surface area contributed by atoms with E-state index in [0.717, 1.165) is 19.3 Å². The van der Waals surface area contributed by atoms with Crippen LogP contribution in [0.15, 0.2) is 24.3 Å². The van der Waals surface area contributed by atoms with Gasteiger partial charge in [0.2, 0.25) is 5.91 Å². The molecular formula is C18H23NO. The van der Waals surface area contributed by atoms with Gasteiger partial charge < -0.3 is 4.90 Å². The normalized spacial score (nSPS) is 30.2. The highest BCUT2D eigenvalue weighted by Gasteiger charge is 2.45. The molecule has 1 saturated heterocycles. The molecule has 2 atom stereocenters. The fraction of sp³-hybridized carbons (Fsp3) is 0.611. The molecule has 106 valence electrons. The van der Waals surface area contributed by atoms with Gasteiger partial charge in [-0.15, -0.1) is 0 Å². The molecule has 0 N–H and O–H groups in total. The van der Waals surface area contributed by atoms with Crippen molar-refractivity contribution in [3.05, 3.63) is 29.8 Å². The number of hydrogen-bond acceptors (Lipinski definition) is 1. The number of carbonyl (C=O) groups excluding carboxylic acids is 1. The molecule has 2 nitrogen and oxygen atoms in total. The average molecular weight is 269 g/mol. The quantitative estimate of drug-likeness (QED) is 0.756. The molecule has 2 fully saturated rings. The highest BCUT2D eigenvalue weighted by Crippen LogP contribution is 2.44. The number of hydrogen-bond donors (Lipinski definition) is 0. The summed E-state index contributed by atoms with van der Waals surface area (Å²) in [6.07, 6.45) is 9.99. The first-order valence-corrected chi connectivity index (χ1v) is 8.25. The molecule has 0 spiro atoms. The number of para-hydroxylation sites is 1. The van der Waals surface area contributed by atoms with Crippen molar-refractivity contribution in [2.75, 3.05) is 4.90 Å². The molecule has 2 heterocycles. The second-order valence-corrected chi connectivity index (χ2v) is 6.77. The van der Waals surface area contributed by atoms with E-state index in [2.05, 4.69) is 29.2 Å². The molecule has 1 aromatic carbocycles. The maximum absolute atomic E-state index is 12.9. The molecule has 2 aliphatic heterocycles. The van der Waals surface area contributed by atoms with E-state index in [9.17, 15) is 4.79 Å². The van der Waals surface area contributed by atoms with Crippen LogP contribution in [0.4, 0.5) is 5.69 Å². The SMILES string of the molecule is O=C1C(C2CCCCC2)C[C@@H]2CCc3ccccc3N12. The van der Waals surface area contributed by atoms with Crippen LogP contribution in [0.25, 0.3) is 0 Å². The fourth-order valence-electron chi connectivity index (χ4n) is 4.63. The van der Waals surface area contributed by atoms with Gasteiger partial charge in [0.15, 0.2) is 0 Å². The Bertz CT molecular complexity index is 518. The van der Waals surface area contributed by atoms with Crippen molar-refractivity contribution in [1.82, 2.24) is 0 Å². The van der Waals surface area contributed by atoms with Crippen LogP contribution >= 0.6 is 0 Å². The molecule has 0 radical (unpaired) electrons. The topological polar surface area (TPSA) is 20.3 Å². The van der Waals surface area contributed by atoms with Crippen LogP contribution in [0.5, 0.6) is 0 Å². The average Bonchev–Trinajstić information content (AvgIpc) is 2.86. The first-order valence-electron chi connectivity index (χ1n) is 8.25. The summed E-state index contributed by atoms with van der Waals surface area (Å²) in [6, 6.07) is 8.97. The van der Waals surface area contributed by atoms with E-state index in [0.29, 0.717) is 23.8 Å². The van der Waals surface area contributed by atoms with Gasteiger partial charge in [0.05, 0.1) is 0 Å². The fourth-order valence-corrected chi connectivity index (χ4v) is 4.63. The number of carbonyl (C=O) groups is 1. The van der Waals surface area contributed by atoms with Crippen molar-refractivity contribution < 1.29 is 4.79 Å². The second-order valence-electron chi connectivity index (χ2n) is 6.77. The number of anilines is 1. The first kappa shape index (κ1) is 12.4. The van der Waals surface area contributed by atoms with Gasteiger partial charge >= 0.3 is 0 Å². The third-order valence-corrected chi connectivity index (χ3v) is 5.66. The van der Waals surface area contributed by atoms with Crippen molar-refractivity contribution in [3.8, 4) is 0 Å². The Hall–Kier alpha value is -1.31. The minimum atomic E-state index is 0.312. The van der Waals surface area contributed by atoms with Crippen LogP contribution in [-0.2, 0) is 11.2 Å². The monoisotopic (exact) mass is 269 g/mol. The van der Waals surface area contributed by atoms with E-state index in [4.69, 9.17) is 0 Å². The van der Waals surface area contributed by atoms with Crippen LogP contribution < -0.4 is 4.90 Å². The number of nitrogens with zero attached hydrogens (tertiary/aromatic N) is 1. The molecule has 1 aromatic rings. The summed E-state index contributed by atoms with van der Waals surface area (Å²) >= 11 is 0. The smallest absolute Gasteiger partial charge is 0.230 e. The summed E-state index contributed by atoms with van der Waals surface area (Å²) in [5.74, 6) is 1.40. The van der Waals surface area contributed by atoms with Crippen molar-refractivity contribution in [2.24, 2.45) is 11.8 Å². The molecule has 0 bridgehead atoms. The van der Waals surface area contributed by atoms with Crippen molar-refractivity contribution >= 4 is 11.6 Å². The standard InChI is InChI=1S/C18H23NO/c20-18-16(13-6-2-1-3-7-13)12-15-11-10-14-8-4-5-9-17(14)19(15)18/h4-5,8-9,13,15-16H,1-3,6-7,10-12H2/t15-,16?/m0/s1. The molecule has 2 heteroatoms. The number of amides is 1. The lowest BCUT2D eigenvalue weighted by atomic mass is 9.78. The lowest BCUT2D eigenvalue weighted by Gasteiger charge is -2.32. The van der Waals surface area contributed by atoms with Crippen molar-refractivity contribution in [3.63, 3.8) is 0 Å². The Kier molecular flexibility index (Phi) is 3.05. The Morgan fingerprint density at radius 1 is 1.00 bits per heavy atom. The van der Waals surface area contributed by atoms with Gasteiger partial charge in [0, 0.05) is 17.6 Å². The lowest BCUT2D eigenvalue weighted by Crippen LogP contribution is -2.38. The Morgan fingerprint density at radius 2 is 1.80 bits per heavy atom. The van der Waals surface area contributed by atoms with E-state index in [-0.39, 0.29) is 0 Å². The third kappa shape index (κ3) is 1.88. The van der Waals surface area contributed by atoms with Crippen LogP contribution in [0.1, 0.15) is 50.5 Å². The van der Waals surface area contributed by atoms with Crippen molar-refractivity contribution in [2.45, 2.75) is 57.4 Å². The second kappa shape index (κ2) is 4.91. The maximum Gasteiger partial charge on any atom is 0.230 e.